The van der Waals surface area contributed by atoms with Gasteiger partial charge in [-0.25, -0.2) is 14.4 Å². The molecule has 26 heavy (non-hydrogen) atoms. The van der Waals surface area contributed by atoms with Gasteiger partial charge in [-0.15, -0.1) is 0 Å². The third-order valence-corrected chi connectivity index (χ3v) is 3.91. The molecule has 0 radical (unpaired) electrons. The number of rotatable bonds is 4. The van der Waals surface area contributed by atoms with E-state index < -0.39 is 29.7 Å². The summed E-state index contributed by atoms with van der Waals surface area (Å²) in [6, 6.07) is 5.98. The standard InChI is InChI=1S/C19H25NO6/c1-19(2,3)26-18(23)20-11-5-6-15(20)17(22)25-12-13-7-9-14(10-8-13)16(21)24-4/h7-10,15H,5-6,11-12H2,1-4H3/t15-/m0/s1. The van der Waals surface area contributed by atoms with Crippen molar-refractivity contribution in [2.45, 2.75) is 51.9 Å². The first-order chi connectivity index (χ1) is 12.2. The summed E-state index contributed by atoms with van der Waals surface area (Å²) in [6.45, 7) is 5.90. The SMILES string of the molecule is COC(=O)c1ccc(COC(=O)[C@@H]2CCCN2C(=O)OC(C)(C)C)cc1. The molecule has 142 valence electrons. The lowest BCUT2D eigenvalue weighted by atomic mass is 10.1. The highest BCUT2D eigenvalue weighted by atomic mass is 16.6. The molecule has 0 bridgehead atoms. The summed E-state index contributed by atoms with van der Waals surface area (Å²) in [6.07, 6.45) is 0.783. The highest BCUT2D eigenvalue weighted by Gasteiger charge is 2.37. The van der Waals surface area contributed by atoms with E-state index in [9.17, 15) is 14.4 Å². The van der Waals surface area contributed by atoms with Crippen LogP contribution in [0.5, 0.6) is 0 Å². The molecule has 0 N–H and O–H groups in total. The van der Waals surface area contributed by atoms with E-state index in [0.717, 1.165) is 12.0 Å². The molecular weight excluding hydrogens is 338 g/mol. The summed E-state index contributed by atoms with van der Waals surface area (Å²) >= 11 is 0. The molecule has 1 heterocycles. The van der Waals surface area contributed by atoms with Crippen molar-refractivity contribution in [3.8, 4) is 0 Å². The van der Waals surface area contributed by atoms with Crippen LogP contribution in [0.3, 0.4) is 0 Å². The van der Waals surface area contributed by atoms with Gasteiger partial charge in [-0.1, -0.05) is 12.1 Å². The summed E-state index contributed by atoms with van der Waals surface area (Å²) in [7, 11) is 1.32. The van der Waals surface area contributed by atoms with Crippen LogP contribution < -0.4 is 0 Å². The zero-order valence-electron chi connectivity index (χ0n) is 15.6. The van der Waals surface area contributed by atoms with Gasteiger partial charge in [-0.2, -0.15) is 0 Å². The Morgan fingerprint density at radius 3 is 2.38 bits per heavy atom. The number of amides is 1. The summed E-state index contributed by atoms with van der Waals surface area (Å²) in [4.78, 5) is 37.4. The van der Waals surface area contributed by atoms with Gasteiger partial charge in [-0.05, 0) is 51.3 Å². The molecule has 0 unspecified atom stereocenters. The third-order valence-electron chi connectivity index (χ3n) is 3.91. The normalized spacial score (nSPS) is 16.9. The summed E-state index contributed by atoms with van der Waals surface area (Å²) < 4.78 is 15.3. The zero-order chi connectivity index (χ0) is 19.3. The van der Waals surface area contributed by atoms with Crippen molar-refractivity contribution >= 4 is 18.0 Å². The van der Waals surface area contributed by atoms with E-state index in [2.05, 4.69) is 4.74 Å². The van der Waals surface area contributed by atoms with Crippen molar-refractivity contribution in [2.24, 2.45) is 0 Å². The second-order valence-electron chi connectivity index (χ2n) is 7.13. The van der Waals surface area contributed by atoms with E-state index in [1.165, 1.54) is 12.0 Å². The maximum absolute atomic E-state index is 12.4. The van der Waals surface area contributed by atoms with Gasteiger partial charge in [0.25, 0.3) is 0 Å². The van der Waals surface area contributed by atoms with Crippen LogP contribution in [0.1, 0.15) is 49.5 Å². The fourth-order valence-corrected chi connectivity index (χ4v) is 2.66. The number of likely N-dealkylation sites (tertiary alicyclic amines) is 1. The molecular formula is C19H25NO6. The van der Waals surface area contributed by atoms with Gasteiger partial charge in [0.15, 0.2) is 0 Å². The Bertz CT molecular complexity index is 662. The first kappa shape index (κ1) is 19.8. The fraction of sp³-hybridized carbons (Fsp3) is 0.526. The Hall–Kier alpha value is -2.57. The Labute approximate surface area is 153 Å². The van der Waals surface area contributed by atoms with Gasteiger partial charge in [-0.3, -0.25) is 4.90 Å². The molecule has 7 nitrogen and oxygen atoms in total. The molecule has 0 aliphatic carbocycles. The molecule has 1 atom stereocenters. The number of methoxy groups -OCH3 is 1. The monoisotopic (exact) mass is 363 g/mol. The number of nitrogens with zero attached hydrogens (tertiary/aromatic N) is 1. The molecule has 1 aliphatic heterocycles. The molecule has 1 fully saturated rings. The van der Waals surface area contributed by atoms with Crippen LogP contribution in [0.2, 0.25) is 0 Å². The number of hydrogen-bond donors (Lipinski definition) is 0. The highest BCUT2D eigenvalue weighted by molar-refractivity contribution is 5.89. The number of ether oxygens (including phenoxy) is 3. The van der Waals surface area contributed by atoms with Crippen LogP contribution >= 0.6 is 0 Å². The summed E-state index contributed by atoms with van der Waals surface area (Å²) in [5, 5.41) is 0. The predicted molar refractivity (Wildman–Crippen MR) is 93.5 cm³/mol. The Morgan fingerprint density at radius 1 is 1.15 bits per heavy atom. The van der Waals surface area contributed by atoms with Gasteiger partial charge in [0.05, 0.1) is 12.7 Å². The van der Waals surface area contributed by atoms with E-state index in [4.69, 9.17) is 9.47 Å². The van der Waals surface area contributed by atoms with Crippen molar-refractivity contribution in [1.82, 2.24) is 4.90 Å². The molecule has 0 aromatic heterocycles. The van der Waals surface area contributed by atoms with Crippen molar-refractivity contribution in [3.63, 3.8) is 0 Å². The zero-order valence-corrected chi connectivity index (χ0v) is 15.6. The van der Waals surface area contributed by atoms with Gasteiger partial charge in [0, 0.05) is 6.54 Å². The van der Waals surface area contributed by atoms with E-state index in [1.807, 2.05) is 0 Å². The minimum Gasteiger partial charge on any atom is -0.465 e. The van der Waals surface area contributed by atoms with Crippen LogP contribution in [-0.2, 0) is 25.6 Å². The average molecular weight is 363 g/mol. The van der Waals surface area contributed by atoms with Crippen LogP contribution in [-0.4, -0.2) is 48.2 Å². The van der Waals surface area contributed by atoms with Gasteiger partial charge < -0.3 is 14.2 Å². The quantitative estimate of drug-likeness (QED) is 0.604. The van der Waals surface area contributed by atoms with E-state index >= 15 is 0 Å². The predicted octanol–water partition coefficient (Wildman–Crippen LogP) is 2.92. The lowest BCUT2D eigenvalue weighted by Crippen LogP contribution is -2.44. The number of benzene rings is 1. The molecule has 1 aliphatic rings. The van der Waals surface area contributed by atoms with Crippen LogP contribution in [0.4, 0.5) is 4.79 Å². The molecule has 0 spiro atoms. The maximum atomic E-state index is 12.4. The second kappa shape index (κ2) is 8.21. The van der Waals surface area contributed by atoms with E-state index in [0.29, 0.717) is 18.5 Å². The molecule has 1 aromatic rings. The van der Waals surface area contributed by atoms with E-state index in [-0.39, 0.29) is 6.61 Å². The van der Waals surface area contributed by atoms with E-state index in [1.54, 1.807) is 45.0 Å². The van der Waals surface area contributed by atoms with Crippen molar-refractivity contribution in [2.75, 3.05) is 13.7 Å². The molecule has 0 saturated carbocycles. The van der Waals surface area contributed by atoms with Crippen molar-refractivity contribution < 1.29 is 28.6 Å². The first-order valence-electron chi connectivity index (χ1n) is 8.55. The fourth-order valence-electron chi connectivity index (χ4n) is 2.66. The van der Waals surface area contributed by atoms with Gasteiger partial charge in [0.1, 0.15) is 18.2 Å². The average Bonchev–Trinajstić information content (AvgIpc) is 3.08. The van der Waals surface area contributed by atoms with Crippen LogP contribution in [0.15, 0.2) is 24.3 Å². The smallest absolute Gasteiger partial charge is 0.411 e. The Morgan fingerprint density at radius 2 is 1.81 bits per heavy atom. The molecule has 1 saturated heterocycles. The second-order valence-corrected chi connectivity index (χ2v) is 7.13. The number of carbonyl (C=O) groups is 3. The number of esters is 2. The van der Waals surface area contributed by atoms with Crippen LogP contribution in [0, 0.1) is 0 Å². The number of hydrogen-bond acceptors (Lipinski definition) is 6. The molecule has 1 amide bonds. The van der Waals surface area contributed by atoms with Gasteiger partial charge >= 0.3 is 18.0 Å². The van der Waals surface area contributed by atoms with Crippen molar-refractivity contribution in [3.05, 3.63) is 35.4 Å². The largest absolute Gasteiger partial charge is 0.465 e. The lowest BCUT2D eigenvalue weighted by molar-refractivity contribution is -0.150. The van der Waals surface area contributed by atoms with Gasteiger partial charge in [0.2, 0.25) is 0 Å². The third kappa shape index (κ3) is 5.21. The summed E-state index contributed by atoms with van der Waals surface area (Å²) in [5.41, 5.74) is 0.553. The minimum absolute atomic E-state index is 0.0684. The molecule has 1 aromatic carbocycles. The van der Waals surface area contributed by atoms with Crippen LogP contribution in [0.25, 0.3) is 0 Å². The number of carbonyl (C=O) groups excluding carboxylic acids is 3. The van der Waals surface area contributed by atoms with Crippen molar-refractivity contribution in [1.29, 1.82) is 0 Å². The lowest BCUT2D eigenvalue weighted by Gasteiger charge is -2.27. The topological polar surface area (TPSA) is 82.1 Å². The summed E-state index contributed by atoms with van der Waals surface area (Å²) in [5.74, 6) is -0.877. The first-order valence-corrected chi connectivity index (χ1v) is 8.55. The maximum Gasteiger partial charge on any atom is 0.411 e. The minimum atomic E-state index is -0.626. The Kier molecular flexibility index (Phi) is 6.23. The molecule has 2 rings (SSSR count). The Balaban J connectivity index is 1.92. The molecule has 7 heteroatoms. The highest BCUT2D eigenvalue weighted by Crippen LogP contribution is 2.22.